The van der Waals surface area contributed by atoms with Gasteiger partial charge in [-0.15, -0.1) is 0 Å². The predicted octanol–water partition coefficient (Wildman–Crippen LogP) is 3.43. The quantitative estimate of drug-likeness (QED) is 0.798. The van der Waals surface area contributed by atoms with E-state index in [1.165, 1.54) is 11.5 Å². The Morgan fingerprint density at radius 3 is 2.65 bits per heavy atom. The fraction of sp³-hybridized carbons (Fsp3) is 0.0667. The van der Waals surface area contributed by atoms with Crippen LogP contribution in [0.25, 0.3) is 21.3 Å². The molecule has 1 heterocycles. The summed E-state index contributed by atoms with van der Waals surface area (Å²) in [5, 5.41) is 9.69. The zero-order valence-electron chi connectivity index (χ0n) is 10.4. The predicted molar refractivity (Wildman–Crippen MR) is 78.2 cm³/mol. The largest absolute Gasteiger partial charge is 0.482 e. The normalized spacial score (nSPS) is 10.6. The molecule has 0 aliphatic rings. The highest BCUT2D eigenvalue weighted by Crippen LogP contribution is 2.31. The number of fused-ring (bicyclic) bond motifs is 1. The van der Waals surface area contributed by atoms with Gasteiger partial charge in [-0.2, -0.15) is 4.37 Å². The summed E-state index contributed by atoms with van der Waals surface area (Å²) in [6, 6.07) is 15.4. The van der Waals surface area contributed by atoms with Gasteiger partial charge in [0.25, 0.3) is 0 Å². The minimum atomic E-state index is -0.987. The van der Waals surface area contributed by atoms with E-state index in [-0.39, 0.29) is 6.61 Å². The summed E-state index contributed by atoms with van der Waals surface area (Å²) >= 11 is 1.47. The molecular formula is C15H11NO3S. The highest BCUT2D eigenvalue weighted by atomic mass is 32.1. The van der Waals surface area contributed by atoms with Crippen molar-refractivity contribution >= 4 is 27.6 Å². The van der Waals surface area contributed by atoms with Crippen molar-refractivity contribution < 1.29 is 14.6 Å². The van der Waals surface area contributed by atoms with Crippen LogP contribution in [-0.4, -0.2) is 22.1 Å². The van der Waals surface area contributed by atoms with Crippen LogP contribution in [0.3, 0.4) is 0 Å². The van der Waals surface area contributed by atoms with Crippen LogP contribution < -0.4 is 4.74 Å². The van der Waals surface area contributed by atoms with Gasteiger partial charge in [-0.05, 0) is 41.9 Å². The van der Waals surface area contributed by atoms with Gasteiger partial charge in [-0.1, -0.05) is 18.2 Å². The van der Waals surface area contributed by atoms with Crippen molar-refractivity contribution in [1.82, 2.24) is 4.37 Å². The number of carboxylic acids is 1. The molecule has 0 aliphatic heterocycles. The summed E-state index contributed by atoms with van der Waals surface area (Å²) < 4.78 is 10.7. The number of carbonyl (C=O) groups is 1. The lowest BCUT2D eigenvalue weighted by atomic mass is 10.1. The van der Waals surface area contributed by atoms with Gasteiger partial charge >= 0.3 is 5.97 Å². The van der Waals surface area contributed by atoms with Crippen molar-refractivity contribution in [1.29, 1.82) is 0 Å². The van der Waals surface area contributed by atoms with E-state index in [1.54, 1.807) is 12.1 Å². The van der Waals surface area contributed by atoms with Gasteiger partial charge in [-0.3, -0.25) is 0 Å². The molecule has 0 atom stereocenters. The van der Waals surface area contributed by atoms with Gasteiger partial charge in [0.2, 0.25) is 0 Å². The molecule has 3 aromatic rings. The van der Waals surface area contributed by atoms with Crippen LogP contribution in [0.4, 0.5) is 0 Å². The van der Waals surface area contributed by atoms with Crippen LogP contribution in [0.15, 0.2) is 48.5 Å². The van der Waals surface area contributed by atoms with Gasteiger partial charge in [-0.25, -0.2) is 4.79 Å². The highest BCUT2D eigenvalue weighted by Gasteiger charge is 2.08. The van der Waals surface area contributed by atoms with E-state index in [0.29, 0.717) is 5.75 Å². The van der Waals surface area contributed by atoms with Crippen LogP contribution >= 0.6 is 11.5 Å². The molecule has 4 nitrogen and oxygen atoms in total. The Bertz CT molecular complexity index is 749. The lowest BCUT2D eigenvalue weighted by Gasteiger charge is -2.04. The van der Waals surface area contributed by atoms with Crippen LogP contribution in [-0.2, 0) is 4.79 Å². The maximum Gasteiger partial charge on any atom is 0.341 e. The summed E-state index contributed by atoms with van der Waals surface area (Å²) in [6.45, 7) is -0.334. The van der Waals surface area contributed by atoms with Crippen molar-refractivity contribution in [3.63, 3.8) is 0 Å². The van der Waals surface area contributed by atoms with Crippen molar-refractivity contribution in [2.75, 3.05) is 6.61 Å². The third kappa shape index (κ3) is 2.48. The average molecular weight is 285 g/mol. The summed E-state index contributed by atoms with van der Waals surface area (Å²) in [4.78, 5) is 10.4. The molecule has 20 heavy (non-hydrogen) atoms. The van der Waals surface area contributed by atoms with Crippen molar-refractivity contribution in [3.05, 3.63) is 48.5 Å². The Labute approximate surface area is 119 Å². The second-order valence-corrected chi connectivity index (χ2v) is 5.04. The van der Waals surface area contributed by atoms with Crippen LogP contribution in [0, 0.1) is 0 Å². The zero-order valence-corrected chi connectivity index (χ0v) is 11.3. The molecule has 2 aromatic carbocycles. The third-order valence-electron chi connectivity index (χ3n) is 2.87. The number of nitrogens with zero attached hydrogens (tertiary/aromatic N) is 1. The van der Waals surface area contributed by atoms with Crippen molar-refractivity contribution in [2.45, 2.75) is 0 Å². The molecule has 1 N–H and O–H groups in total. The summed E-state index contributed by atoms with van der Waals surface area (Å²) in [5.41, 5.74) is 1.93. The molecule has 5 heteroatoms. The first-order valence-corrected chi connectivity index (χ1v) is 6.81. The van der Waals surface area contributed by atoms with Gasteiger partial charge in [0.1, 0.15) is 5.75 Å². The Kier molecular flexibility index (Phi) is 3.35. The van der Waals surface area contributed by atoms with Gasteiger partial charge in [0.15, 0.2) is 6.61 Å². The number of carboxylic acid groups (broad SMARTS) is 1. The Morgan fingerprint density at radius 1 is 1.15 bits per heavy atom. The van der Waals surface area contributed by atoms with E-state index < -0.39 is 5.97 Å². The fourth-order valence-electron chi connectivity index (χ4n) is 1.95. The molecule has 0 bridgehead atoms. The smallest absolute Gasteiger partial charge is 0.341 e. The lowest BCUT2D eigenvalue weighted by molar-refractivity contribution is -0.139. The number of benzene rings is 2. The minimum Gasteiger partial charge on any atom is -0.482 e. The van der Waals surface area contributed by atoms with Gasteiger partial charge in [0.05, 0.1) is 10.4 Å². The van der Waals surface area contributed by atoms with E-state index in [2.05, 4.69) is 4.37 Å². The molecule has 100 valence electrons. The maximum absolute atomic E-state index is 10.4. The van der Waals surface area contributed by atoms with E-state index in [9.17, 15) is 4.79 Å². The Hall–Kier alpha value is -2.40. The molecule has 3 rings (SSSR count). The molecular weight excluding hydrogens is 274 g/mol. The van der Waals surface area contributed by atoms with Crippen LogP contribution in [0.2, 0.25) is 0 Å². The van der Waals surface area contributed by atoms with Crippen molar-refractivity contribution in [2.24, 2.45) is 0 Å². The molecule has 0 amide bonds. The third-order valence-corrected chi connectivity index (χ3v) is 3.69. The summed E-state index contributed by atoms with van der Waals surface area (Å²) in [6.07, 6.45) is 0. The molecule has 0 radical (unpaired) electrons. The van der Waals surface area contributed by atoms with Crippen LogP contribution in [0.5, 0.6) is 5.75 Å². The van der Waals surface area contributed by atoms with E-state index in [1.807, 2.05) is 36.4 Å². The van der Waals surface area contributed by atoms with Crippen molar-refractivity contribution in [3.8, 4) is 17.0 Å². The molecule has 0 spiro atoms. The minimum absolute atomic E-state index is 0.334. The maximum atomic E-state index is 10.4. The molecule has 0 saturated carbocycles. The van der Waals surface area contributed by atoms with E-state index >= 15 is 0 Å². The fourth-order valence-corrected chi connectivity index (χ4v) is 2.74. The lowest BCUT2D eigenvalue weighted by Crippen LogP contribution is -2.09. The summed E-state index contributed by atoms with van der Waals surface area (Å²) in [7, 11) is 0. The molecule has 1 aromatic heterocycles. The molecule has 0 fully saturated rings. The summed E-state index contributed by atoms with van der Waals surface area (Å²) in [5.74, 6) is -0.449. The number of aromatic nitrogens is 1. The Morgan fingerprint density at radius 2 is 1.90 bits per heavy atom. The number of rotatable bonds is 4. The number of aliphatic carboxylic acids is 1. The number of hydrogen-bond donors (Lipinski definition) is 1. The molecule has 0 aliphatic carbocycles. The first-order chi connectivity index (χ1) is 9.74. The second kappa shape index (κ2) is 5.30. The van der Waals surface area contributed by atoms with Gasteiger partial charge in [0, 0.05) is 10.9 Å². The monoisotopic (exact) mass is 285 g/mol. The average Bonchev–Trinajstić information content (AvgIpc) is 2.89. The van der Waals surface area contributed by atoms with E-state index in [4.69, 9.17) is 9.84 Å². The first-order valence-electron chi connectivity index (χ1n) is 6.03. The first kappa shape index (κ1) is 12.6. The molecule has 0 unspecified atom stereocenters. The van der Waals surface area contributed by atoms with Crippen LogP contribution in [0.1, 0.15) is 0 Å². The number of hydrogen-bond acceptors (Lipinski definition) is 4. The van der Waals surface area contributed by atoms with Gasteiger partial charge < -0.3 is 9.84 Å². The standard InChI is InChI=1S/C15H11NO3S/c17-14(18)9-19-11-7-5-10(6-8-11)15-12-3-1-2-4-13(12)20-16-15/h1-8H,9H2,(H,17,18). The zero-order chi connectivity index (χ0) is 13.9. The second-order valence-electron chi connectivity index (χ2n) is 4.23. The Balaban J connectivity index is 1.89. The molecule has 0 saturated heterocycles. The SMILES string of the molecule is O=C(O)COc1ccc(-c2nsc3ccccc23)cc1. The topological polar surface area (TPSA) is 59.4 Å². The number of ether oxygens (including phenoxy) is 1. The van der Waals surface area contributed by atoms with E-state index in [0.717, 1.165) is 21.3 Å². The highest BCUT2D eigenvalue weighted by molar-refractivity contribution is 7.13.